The van der Waals surface area contributed by atoms with E-state index in [1.165, 1.54) is 6.20 Å². The number of allylic oxidation sites excluding steroid dienone is 3. The molecule has 9 nitrogen and oxygen atoms in total. The third kappa shape index (κ3) is 5.77. The van der Waals surface area contributed by atoms with Crippen molar-refractivity contribution >= 4 is 29.1 Å². The number of anilines is 2. The topological polar surface area (TPSA) is 115 Å². The van der Waals surface area contributed by atoms with Crippen molar-refractivity contribution in [2.75, 3.05) is 43.6 Å². The number of aromatic nitrogens is 2. The quantitative estimate of drug-likeness (QED) is 0.432. The number of nitrogens with zero attached hydrogens (tertiary/aromatic N) is 3. The van der Waals surface area contributed by atoms with E-state index in [4.69, 9.17) is 26.8 Å². The zero-order valence-electron chi connectivity index (χ0n) is 17.7. The monoisotopic (exact) mass is 456 g/mol. The molecule has 3 rings (SSSR count). The lowest BCUT2D eigenvalue weighted by atomic mass is 10.2. The van der Waals surface area contributed by atoms with Crippen molar-refractivity contribution in [3.8, 4) is 17.1 Å². The van der Waals surface area contributed by atoms with Crippen LogP contribution in [0.1, 0.15) is 0 Å². The molecule has 10 heteroatoms. The fourth-order valence-corrected chi connectivity index (χ4v) is 3.31. The van der Waals surface area contributed by atoms with Crippen LogP contribution < -0.4 is 26.0 Å². The maximum atomic E-state index is 12.2. The first-order chi connectivity index (χ1) is 15.5. The summed E-state index contributed by atoms with van der Waals surface area (Å²) in [5.41, 5.74) is 7.22. The lowest BCUT2D eigenvalue weighted by molar-refractivity contribution is 0.122. The summed E-state index contributed by atoms with van der Waals surface area (Å²) in [5.74, 6) is 1.52. The molecule has 1 aromatic carbocycles. The van der Waals surface area contributed by atoms with E-state index in [0.29, 0.717) is 55.1 Å². The second kappa shape index (κ2) is 11.2. The number of halogens is 1. The van der Waals surface area contributed by atoms with Crippen molar-refractivity contribution in [2.24, 2.45) is 5.73 Å². The summed E-state index contributed by atoms with van der Waals surface area (Å²) in [5, 5.41) is 5.66. The van der Waals surface area contributed by atoms with Crippen LogP contribution >= 0.6 is 11.6 Å². The highest BCUT2D eigenvalue weighted by atomic mass is 35.5. The average Bonchev–Trinajstić information content (AvgIpc) is 2.80. The smallest absolute Gasteiger partial charge is 0.323 e. The predicted octanol–water partition coefficient (Wildman–Crippen LogP) is 3.31. The molecule has 2 aromatic rings. The number of amides is 2. The number of benzene rings is 1. The summed E-state index contributed by atoms with van der Waals surface area (Å²) in [6.45, 7) is 6.18. The van der Waals surface area contributed by atoms with Gasteiger partial charge < -0.3 is 30.7 Å². The number of morpholine rings is 1. The van der Waals surface area contributed by atoms with Gasteiger partial charge in [-0.25, -0.2) is 14.8 Å². The van der Waals surface area contributed by atoms with Gasteiger partial charge in [0.05, 0.1) is 20.3 Å². The first-order valence-electron chi connectivity index (χ1n) is 9.89. The van der Waals surface area contributed by atoms with Gasteiger partial charge in [0.1, 0.15) is 0 Å². The van der Waals surface area contributed by atoms with Gasteiger partial charge in [0.15, 0.2) is 22.5 Å². The van der Waals surface area contributed by atoms with Gasteiger partial charge in [-0.3, -0.25) is 0 Å². The SMILES string of the molecule is C=C/C=C(\C=C/N)NC(=O)Nc1ccc(-c2nc(Cl)c(OC)c(N3CCOCC3)n2)cc1. The van der Waals surface area contributed by atoms with Crippen molar-refractivity contribution in [2.45, 2.75) is 0 Å². The molecule has 0 aliphatic carbocycles. The first kappa shape index (κ1) is 23.1. The van der Waals surface area contributed by atoms with Crippen LogP contribution in [0, 0.1) is 0 Å². The van der Waals surface area contributed by atoms with Crippen LogP contribution in [0.3, 0.4) is 0 Å². The molecule has 168 valence electrons. The van der Waals surface area contributed by atoms with Gasteiger partial charge in [-0.1, -0.05) is 24.3 Å². The Morgan fingerprint density at radius 1 is 1.28 bits per heavy atom. The number of nitrogens with one attached hydrogen (secondary N) is 2. The van der Waals surface area contributed by atoms with E-state index in [1.54, 1.807) is 49.6 Å². The van der Waals surface area contributed by atoms with Gasteiger partial charge in [0, 0.05) is 30.0 Å². The van der Waals surface area contributed by atoms with Gasteiger partial charge in [0.2, 0.25) is 0 Å². The largest absolute Gasteiger partial charge is 0.490 e. The Morgan fingerprint density at radius 3 is 2.62 bits per heavy atom. The third-order valence-electron chi connectivity index (χ3n) is 4.55. The molecular weight excluding hydrogens is 432 g/mol. The molecule has 2 heterocycles. The van der Waals surface area contributed by atoms with Crippen molar-refractivity contribution in [1.82, 2.24) is 15.3 Å². The predicted molar refractivity (Wildman–Crippen MR) is 126 cm³/mol. The molecule has 1 aromatic heterocycles. The highest BCUT2D eigenvalue weighted by Crippen LogP contribution is 2.35. The van der Waals surface area contributed by atoms with Crippen LogP contribution in [0.5, 0.6) is 5.75 Å². The van der Waals surface area contributed by atoms with Crippen molar-refractivity contribution in [3.05, 3.63) is 66.1 Å². The highest BCUT2D eigenvalue weighted by Gasteiger charge is 2.22. The molecule has 0 spiro atoms. The highest BCUT2D eigenvalue weighted by molar-refractivity contribution is 6.31. The normalized spacial score (nSPS) is 14.3. The maximum Gasteiger partial charge on any atom is 0.323 e. The van der Waals surface area contributed by atoms with E-state index < -0.39 is 6.03 Å². The number of rotatable bonds is 7. The molecule has 4 N–H and O–H groups in total. The zero-order valence-corrected chi connectivity index (χ0v) is 18.4. The van der Waals surface area contributed by atoms with E-state index in [9.17, 15) is 4.79 Å². The third-order valence-corrected chi connectivity index (χ3v) is 4.81. The first-order valence-corrected chi connectivity index (χ1v) is 10.3. The fourth-order valence-electron chi connectivity index (χ4n) is 3.07. The number of urea groups is 1. The van der Waals surface area contributed by atoms with E-state index >= 15 is 0 Å². The minimum Gasteiger partial charge on any atom is -0.490 e. The summed E-state index contributed by atoms with van der Waals surface area (Å²) in [6.07, 6.45) is 6.06. The summed E-state index contributed by atoms with van der Waals surface area (Å²) >= 11 is 6.38. The molecule has 1 aliphatic heterocycles. The zero-order chi connectivity index (χ0) is 22.9. The molecule has 2 amide bonds. The molecule has 0 atom stereocenters. The van der Waals surface area contributed by atoms with Crippen LogP contribution in [0.25, 0.3) is 11.4 Å². The summed E-state index contributed by atoms with van der Waals surface area (Å²) in [4.78, 5) is 23.3. The number of hydrogen-bond donors (Lipinski definition) is 3. The second-order valence-electron chi connectivity index (χ2n) is 6.67. The van der Waals surface area contributed by atoms with Gasteiger partial charge in [0.25, 0.3) is 0 Å². The van der Waals surface area contributed by atoms with Gasteiger partial charge in [-0.05, 0) is 42.6 Å². The summed E-state index contributed by atoms with van der Waals surface area (Å²) in [6, 6.07) is 6.69. The Balaban J connectivity index is 1.78. The minimum absolute atomic E-state index is 0.232. The lowest BCUT2D eigenvalue weighted by Gasteiger charge is -2.29. The van der Waals surface area contributed by atoms with Crippen LogP contribution in [0.2, 0.25) is 5.15 Å². The van der Waals surface area contributed by atoms with Crippen LogP contribution in [0.4, 0.5) is 16.3 Å². The molecule has 0 saturated carbocycles. The number of carbonyl (C=O) groups excluding carboxylic acids is 1. The molecule has 1 aliphatic rings. The number of carbonyl (C=O) groups is 1. The average molecular weight is 457 g/mol. The number of methoxy groups -OCH3 is 1. The second-order valence-corrected chi connectivity index (χ2v) is 7.03. The van der Waals surface area contributed by atoms with Crippen LogP contribution in [-0.4, -0.2) is 49.4 Å². The van der Waals surface area contributed by atoms with Crippen molar-refractivity contribution in [3.63, 3.8) is 0 Å². The van der Waals surface area contributed by atoms with E-state index in [1.807, 2.05) is 0 Å². The van der Waals surface area contributed by atoms with Crippen molar-refractivity contribution in [1.29, 1.82) is 0 Å². The minimum atomic E-state index is -0.415. The molecular formula is C22H25ClN6O3. The number of nitrogens with two attached hydrogens (primary N) is 1. The Hall–Kier alpha value is -3.56. The number of ether oxygens (including phenoxy) is 2. The van der Waals surface area contributed by atoms with E-state index in [-0.39, 0.29) is 5.15 Å². The number of hydrogen-bond acceptors (Lipinski definition) is 7. The van der Waals surface area contributed by atoms with Crippen LogP contribution in [-0.2, 0) is 4.74 Å². The van der Waals surface area contributed by atoms with Gasteiger partial charge >= 0.3 is 6.03 Å². The Morgan fingerprint density at radius 2 is 2.00 bits per heavy atom. The fraction of sp³-hybridized carbons (Fsp3) is 0.227. The van der Waals surface area contributed by atoms with Gasteiger partial charge in [-0.15, -0.1) is 0 Å². The van der Waals surface area contributed by atoms with E-state index in [2.05, 4.69) is 32.1 Å². The molecule has 1 saturated heterocycles. The Kier molecular flexibility index (Phi) is 8.07. The summed E-state index contributed by atoms with van der Waals surface area (Å²) in [7, 11) is 1.54. The molecule has 32 heavy (non-hydrogen) atoms. The van der Waals surface area contributed by atoms with Crippen LogP contribution in [0.15, 0.2) is 61.0 Å². The molecule has 0 radical (unpaired) electrons. The molecule has 0 unspecified atom stereocenters. The Labute approximate surface area is 191 Å². The maximum absolute atomic E-state index is 12.2. The standard InChI is InChI=1S/C22H25ClN6O3/c1-3-4-16(9-10-24)25-22(30)26-17-7-5-15(6-8-17)20-27-19(23)18(31-2)21(28-20)29-11-13-32-14-12-29/h3-10H,1,11-14,24H2,2H3,(H2,25,26,30)/b10-9-,16-4+. The Bertz CT molecular complexity index is 1020. The lowest BCUT2D eigenvalue weighted by Crippen LogP contribution is -2.37. The van der Waals surface area contributed by atoms with Crippen molar-refractivity contribution < 1.29 is 14.3 Å². The van der Waals surface area contributed by atoms with E-state index in [0.717, 1.165) is 5.56 Å². The molecule has 0 bridgehead atoms. The van der Waals surface area contributed by atoms with Gasteiger partial charge in [-0.2, -0.15) is 0 Å². The summed E-state index contributed by atoms with van der Waals surface area (Å²) < 4.78 is 10.9. The molecule has 1 fully saturated rings.